The molecule has 0 aromatic heterocycles. The molecule has 2 heteroatoms. The maximum absolute atomic E-state index is 8.93. The minimum Gasteiger partial charge on any atom is -0.298 e. The summed E-state index contributed by atoms with van der Waals surface area (Å²) in [6, 6.07) is 13.0. The number of nitriles is 1. The molecule has 0 radical (unpaired) electrons. The van der Waals surface area contributed by atoms with Crippen LogP contribution in [0.2, 0.25) is 0 Å². The van der Waals surface area contributed by atoms with Crippen LogP contribution in [0.15, 0.2) is 66.8 Å². The zero-order valence-electron chi connectivity index (χ0n) is 12.9. The van der Waals surface area contributed by atoms with Crippen molar-refractivity contribution in [3.05, 3.63) is 72.4 Å². The third-order valence-electron chi connectivity index (χ3n) is 4.84. The van der Waals surface area contributed by atoms with Crippen LogP contribution in [0.4, 0.5) is 0 Å². The second kappa shape index (κ2) is 6.34. The fourth-order valence-electron chi connectivity index (χ4n) is 3.82. The van der Waals surface area contributed by atoms with E-state index in [4.69, 9.17) is 5.26 Å². The van der Waals surface area contributed by atoms with Crippen molar-refractivity contribution in [2.75, 3.05) is 19.6 Å². The Bertz CT molecular complexity index is 619. The molecule has 1 saturated carbocycles. The SMILES string of the molecule is C=C/C=C(C#N)\C=C/CN1CC2(CC(c3ccccc3)C2)C1. The molecule has 1 aromatic carbocycles. The number of rotatable bonds is 5. The highest BCUT2D eigenvalue weighted by atomic mass is 15.2. The van der Waals surface area contributed by atoms with E-state index < -0.39 is 0 Å². The fraction of sp³-hybridized carbons (Fsp3) is 0.350. The Morgan fingerprint density at radius 3 is 2.68 bits per heavy atom. The van der Waals surface area contributed by atoms with Crippen molar-refractivity contribution in [1.29, 1.82) is 5.26 Å². The van der Waals surface area contributed by atoms with E-state index in [1.807, 2.05) is 6.08 Å². The van der Waals surface area contributed by atoms with Crippen molar-refractivity contribution in [3.8, 4) is 6.07 Å². The number of allylic oxidation sites excluding steroid dienone is 4. The van der Waals surface area contributed by atoms with Gasteiger partial charge in [0.2, 0.25) is 0 Å². The number of nitrogens with zero attached hydrogens (tertiary/aromatic N) is 2. The monoisotopic (exact) mass is 290 g/mol. The third-order valence-corrected chi connectivity index (χ3v) is 4.84. The summed E-state index contributed by atoms with van der Waals surface area (Å²) < 4.78 is 0. The first kappa shape index (κ1) is 14.8. The van der Waals surface area contributed by atoms with Gasteiger partial charge in [0.1, 0.15) is 0 Å². The molecule has 1 heterocycles. The standard InChI is InChI=1S/C20H22N2/c1-2-7-17(14-21)8-6-11-22-15-20(16-22)12-19(13-20)18-9-4-3-5-10-18/h2-10,19H,1,11-13,15-16H2/b8-6-,17-7+. The molecule has 0 atom stereocenters. The summed E-state index contributed by atoms with van der Waals surface area (Å²) in [7, 11) is 0. The lowest BCUT2D eigenvalue weighted by Crippen LogP contribution is -2.61. The number of benzene rings is 1. The van der Waals surface area contributed by atoms with Gasteiger partial charge in [0.25, 0.3) is 0 Å². The Kier molecular flexibility index (Phi) is 4.27. The van der Waals surface area contributed by atoms with Gasteiger partial charge in [-0.25, -0.2) is 0 Å². The van der Waals surface area contributed by atoms with E-state index in [1.165, 1.54) is 31.5 Å². The highest BCUT2D eigenvalue weighted by molar-refractivity contribution is 5.35. The van der Waals surface area contributed by atoms with Crippen molar-refractivity contribution >= 4 is 0 Å². The van der Waals surface area contributed by atoms with Gasteiger partial charge in [-0.1, -0.05) is 49.1 Å². The number of hydrogen-bond donors (Lipinski definition) is 0. The molecule has 0 bridgehead atoms. The van der Waals surface area contributed by atoms with Gasteiger partial charge in [-0.15, -0.1) is 0 Å². The lowest BCUT2D eigenvalue weighted by atomic mass is 9.56. The molecule has 1 saturated heterocycles. The Morgan fingerprint density at radius 1 is 1.32 bits per heavy atom. The second-order valence-corrected chi connectivity index (χ2v) is 6.56. The Balaban J connectivity index is 1.43. The quantitative estimate of drug-likeness (QED) is 0.604. The maximum atomic E-state index is 8.93. The highest BCUT2D eigenvalue weighted by Crippen LogP contribution is 2.55. The van der Waals surface area contributed by atoms with Crippen molar-refractivity contribution in [2.45, 2.75) is 18.8 Å². The smallest absolute Gasteiger partial charge is 0.0991 e. The maximum Gasteiger partial charge on any atom is 0.0991 e. The predicted octanol–water partition coefficient (Wildman–Crippen LogP) is 4.06. The van der Waals surface area contributed by atoms with Crippen LogP contribution in [0.1, 0.15) is 24.3 Å². The molecule has 0 N–H and O–H groups in total. The van der Waals surface area contributed by atoms with Crippen LogP contribution in [0.25, 0.3) is 0 Å². The molecule has 2 nitrogen and oxygen atoms in total. The lowest BCUT2D eigenvalue weighted by molar-refractivity contribution is -0.0667. The molecule has 1 aromatic rings. The van der Waals surface area contributed by atoms with E-state index in [-0.39, 0.29) is 0 Å². The van der Waals surface area contributed by atoms with Crippen LogP contribution in [0, 0.1) is 16.7 Å². The summed E-state index contributed by atoms with van der Waals surface area (Å²) in [6.07, 6.45) is 10.0. The van der Waals surface area contributed by atoms with Gasteiger partial charge < -0.3 is 0 Å². The van der Waals surface area contributed by atoms with Crippen molar-refractivity contribution in [2.24, 2.45) is 5.41 Å². The minimum absolute atomic E-state index is 0.573. The van der Waals surface area contributed by atoms with Gasteiger partial charge in [0, 0.05) is 19.6 Å². The first-order valence-corrected chi connectivity index (χ1v) is 7.91. The van der Waals surface area contributed by atoms with Crippen LogP contribution in [0.5, 0.6) is 0 Å². The second-order valence-electron chi connectivity index (χ2n) is 6.56. The molecular weight excluding hydrogens is 268 g/mol. The Labute approximate surface area is 133 Å². The Morgan fingerprint density at radius 2 is 2.05 bits per heavy atom. The van der Waals surface area contributed by atoms with E-state index in [1.54, 1.807) is 12.2 Å². The fourth-order valence-corrected chi connectivity index (χ4v) is 3.82. The van der Waals surface area contributed by atoms with E-state index >= 15 is 0 Å². The molecule has 0 amide bonds. The molecule has 2 fully saturated rings. The van der Waals surface area contributed by atoms with Crippen molar-refractivity contribution in [3.63, 3.8) is 0 Å². The molecule has 2 aliphatic rings. The first-order chi connectivity index (χ1) is 10.7. The number of hydrogen-bond acceptors (Lipinski definition) is 2. The predicted molar refractivity (Wildman–Crippen MR) is 90.3 cm³/mol. The summed E-state index contributed by atoms with van der Waals surface area (Å²) in [5, 5.41) is 8.93. The zero-order valence-corrected chi connectivity index (χ0v) is 12.9. The van der Waals surface area contributed by atoms with E-state index in [0.717, 1.165) is 12.5 Å². The van der Waals surface area contributed by atoms with E-state index in [0.29, 0.717) is 11.0 Å². The molecule has 1 aliphatic carbocycles. The van der Waals surface area contributed by atoms with Crippen LogP contribution >= 0.6 is 0 Å². The van der Waals surface area contributed by atoms with Gasteiger partial charge in [0.15, 0.2) is 0 Å². The summed E-state index contributed by atoms with van der Waals surface area (Å²) in [5.74, 6) is 0.764. The zero-order chi connectivity index (χ0) is 15.4. The van der Waals surface area contributed by atoms with Gasteiger partial charge in [-0.2, -0.15) is 5.26 Å². The molecule has 0 unspecified atom stereocenters. The third kappa shape index (κ3) is 3.05. The lowest BCUT2D eigenvalue weighted by Gasteiger charge is -2.59. The molecule has 1 aliphatic heterocycles. The normalized spacial score (nSPS) is 21.3. The molecule has 3 rings (SSSR count). The average Bonchev–Trinajstić information content (AvgIpc) is 2.47. The number of likely N-dealkylation sites (tertiary alicyclic amines) is 1. The van der Waals surface area contributed by atoms with E-state index in [9.17, 15) is 0 Å². The van der Waals surface area contributed by atoms with Gasteiger partial charge >= 0.3 is 0 Å². The molecule has 1 spiro atoms. The molecule has 22 heavy (non-hydrogen) atoms. The van der Waals surface area contributed by atoms with Crippen molar-refractivity contribution < 1.29 is 0 Å². The van der Waals surface area contributed by atoms with Gasteiger partial charge in [0.05, 0.1) is 11.6 Å². The minimum atomic E-state index is 0.573. The van der Waals surface area contributed by atoms with Gasteiger partial charge in [-0.3, -0.25) is 4.90 Å². The average molecular weight is 290 g/mol. The summed E-state index contributed by atoms with van der Waals surface area (Å²) >= 11 is 0. The van der Waals surface area contributed by atoms with Crippen molar-refractivity contribution in [1.82, 2.24) is 4.90 Å². The van der Waals surface area contributed by atoms with Crippen LogP contribution in [-0.4, -0.2) is 24.5 Å². The summed E-state index contributed by atoms with van der Waals surface area (Å²) in [5.41, 5.74) is 2.74. The molecule has 112 valence electrons. The molecular formula is C20H22N2. The van der Waals surface area contributed by atoms with Crippen LogP contribution < -0.4 is 0 Å². The topological polar surface area (TPSA) is 27.0 Å². The van der Waals surface area contributed by atoms with Crippen LogP contribution in [-0.2, 0) is 0 Å². The van der Waals surface area contributed by atoms with Gasteiger partial charge in [-0.05, 0) is 41.9 Å². The van der Waals surface area contributed by atoms with Crippen LogP contribution in [0.3, 0.4) is 0 Å². The Hall–Kier alpha value is -2.11. The summed E-state index contributed by atoms with van der Waals surface area (Å²) in [6.45, 7) is 6.96. The van der Waals surface area contributed by atoms with E-state index in [2.05, 4.69) is 54.0 Å². The summed E-state index contributed by atoms with van der Waals surface area (Å²) in [4.78, 5) is 2.46. The largest absolute Gasteiger partial charge is 0.298 e. The first-order valence-electron chi connectivity index (χ1n) is 7.91. The highest BCUT2D eigenvalue weighted by Gasteiger charge is 2.51.